The van der Waals surface area contributed by atoms with Gasteiger partial charge < -0.3 is 5.32 Å². The van der Waals surface area contributed by atoms with E-state index in [4.69, 9.17) is 0 Å². The minimum atomic E-state index is -3.38. The van der Waals surface area contributed by atoms with E-state index in [9.17, 15) is 8.42 Å². The molecule has 0 amide bonds. The molecule has 1 aromatic carbocycles. The van der Waals surface area contributed by atoms with E-state index in [1.54, 1.807) is 35.1 Å². The Labute approximate surface area is 119 Å². The highest BCUT2D eigenvalue weighted by Gasteiger charge is 2.10. The van der Waals surface area contributed by atoms with Crippen molar-refractivity contribution in [3.8, 4) is 0 Å². The van der Waals surface area contributed by atoms with Gasteiger partial charge in [-0.05, 0) is 31.3 Å². The van der Waals surface area contributed by atoms with Gasteiger partial charge in [0, 0.05) is 18.9 Å². The number of aryl methyl sites for hydroxylation is 1. The SMILES string of the molecule is CC.CNS(=O)(=O)c1ccc(Nc2cnn(C)c2)cc1. The Morgan fingerprint density at radius 2 is 1.70 bits per heavy atom. The van der Waals surface area contributed by atoms with Gasteiger partial charge in [-0.2, -0.15) is 5.10 Å². The third-order valence-electron chi connectivity index (χ3n) is 2.43. The molecule has 0 aliphatic rings. The van der Waals surface area contributed by atoms with E-state index in [1.165, 1.54) is 7.05 Å². The number of nitrogens with one attached hydrogen (secondary N) is 2. The molecule has 20 heavy (non-hydrogen) atoms. The fraction of sp³-hybridized carbons (Fsp3) is 0.308. The molecule has 0 aliphatic heterocycles. The molecule has 2 aromatic rings. The number of benzene rings is 1. The first-order chi connectivity index (χ1) is 9.51. The standard InChI is InChI=1S/C11H14N4O2S.C2H6/c1-12-18(16,17)11-5-3-9(4-6-11)14-10-7-13-15(2)8-10;1-2/h3-8,12,14H,1-2H3;1-2H3. The molecule has 0 unspecified atom stereocenters. The summed E-state index contributed by atoms with van der Waals surface area (Å²) in [5.41, 5.74) is 1.65. The Bertz CT molecular complexity index is 633. The Hall–Kier alpha value is -1.86. The molecule has 2 rings (SSSR count). The van der Waals surface area contributed by atoms with Crippen molar-refractivity contribution < 1.29 is 8.42 Å². The Morgan fingerprint density at radius 1 is 1.10 bits per heavy atom. The van der Waals surface area contributed by atoms with Crippen LogP contribution in [-0.4, -0.2) is 25.2 Å². The predicted octanol–water partition coefficient (Wildman–Crippen LogP) is 2.10. The minimum absolute atomic E-state index is 0.238. The van der Waals surface area contributed by atoms with Gasteiger partial charge in [0.15, 0.2) is 0 Å². The molecule has 7 heteroatoms. The van der Waals surface area contributed by atoms with Gasteiger partial charge in [-0.25, -0.2) is 13.1 Å². The van der Waals surface area contributed by atoms with Crippen LogP contribution >= 0.6 is 0 Å². The fourth-order valence-electron chi connectivity index (χ4n) is 1.49. The Kier molecular flexibility index (Phi) is 5.72. The van der Waals surface area contributed by atoms with Gasteiger partial charge in [-0.15, -0.1) is 0 Å². The summed E-state index contributed by atoms with van der Waals surface area (Å²) in [5.74, 6) is 0. The Morgan fingerprint density at radius 3 is 2.15 bits per heavy atom. The second kappa shape index (κ2) is 7.06. The van der Waals surface area contributed by atoms with E-state index in [0.717, 1.165) is 11.4 Å². The van der Waals surface area contributed by atoms with Crippen molar-refractivity contribution in [2.24, 2.45) is 7.05 Å². The Balaban J connectivity index is 0.000000956. The van der Waals surface area contributed by atoms with E-state index in [2.05, 4.69) is 15.1 Å². The highest BCUT2D eigenvalue weighted by molar-refractivity contribution is 7.89. The molecule has 0 saturated carbocycles. The largest absolute Gasteiger partial charge is 0.353 e. The van der Waals surface area contributed by atoms with Gasteiger partial charge in [0.05, 0.1) is 16.8 Å². The maximum Gasteiger partial charge on any atom is 0.240 e. The van der Waals surface area contributed by atoms with E-state index >= 15 is 0 Å². The molecule has 0 atom stereocenters. The molecule has 110 valence electrons. The minimum Gasteiger partial charge on any atom is -0.353 e. The van der Waals surface area contributed by atoms with E-state index in [1.807, 2.05) is 27.1 Å². The number of rotatable bonds is 4. The van der Waals surface area contributed by atoms with Crippen LogP contribution in [0.5, 0.6) is 0 Å². The molecular formula is C13H20N4O2S. The van der Waals surface area contributed by atoms with Gasteiger partial charge >= 0.3 is 0 Å². The van der Waals surface area contributed by atoms with Crippen molar-refractivity contribution in [1.82, 2.24) is 14.5 Å². The topological polar surface area (TPSA) is 76.0 Å². The van der Waals surface area contributed by atoms with Crippen LogP contribution in [0.25, 0.3) is 0 Å². The molecule has 0 bridgehead atoms. The van der Waals surface area contributed by atoms with E-state index < -0.39 is 10.0 Å². The molecule has 0 spiro atoms. The lowest BCUT2D eigenvalue weighted by molar-refractivity contribution is 0.588. The van der Waals surface area contributed by atoms with E-state index in [0.29, 0.717) is 0 Å². The van der Waals surface area contributed by atoms with Crippen LogP contribution in [0.4, 0.5) is 11.4 Å². The first-order valence-corrected chi connectivity index (χ1v) is 7.79. The second-order valence-electron chi connectivity index (χ2n) is 3.76. The number of aromatic nitrogens is 2. The van der Waals surface area contributed by atoms with Gasteiger partial charge in [0.1, 0.15) is 0 Å². The summed E-state index contributed by atoms with van der Waals surface area (Å²) in [6.07, 6.45) is 3.52. The summed E-state index contributed by atoms with van der Waals surface area (Å²) in [6, 6.07) is 6.50. The van der Waals surface area contributed by atoms with Crippen LogP contribution in [0.15, 0.2) is 41.6 Å². The average molecular weight is 296 g/mol. The van der Waals surface area contributed by atoms with Gasteiger partial charge in [0.2, 0.25) is 10.0 Å². The van der Waals surface area contributed by atoms with Crippen LogP contribution in [0.2, 0.25) is 0 Å². The number of hydrogen-bond acceptors (Lipinski definition) is 4. The van der Waals surface area contributed by atoms with Gasteiger partial charge in [-0.1, -0.05) is 13.8 Å². The summed E-state index contributed by atoms with van der Waals surface area (Å²) in [4.78, 5) is 0.238. The maximum atomic E-state index is 11.5. The summed E-state index contributed by atoms with van der Waals surface area (Å²) < 4.78 is 27.0. The lowest BCUT2D eigenvalue weighted by Gasteiger charge is -2.05. The predicted molar refractivity (Wildman–Crippen MR) is 80.5 cm³/mol. The second-order valence-corrected chi connectivity index (χ2v) is 5.65. The van der Waals surface area contributed by atoms with Crippen LogP contribution in [-0.2, 0) is 17.1 Å². The van der Waals surface area contributed by atoms with Crippen molar-refractivity contribution in [2.75, 3.05) is 12.4 Å². The maximum absolute atomic E-state index is 11.5. The third-order valence-corrected chi connectivity index (χ3v) is 3.86. The molecule has 0 radical (unpaired) electrons. The van der Waals surface area contributed by atoms with Crippen molar-refractivity contribution in [3.05, 3.63) is 36.7 Å². The van der Waals surface area contributed by atoms with Crippen LogP contribution in [0.3, 0.4) is 0 Å². The van der Waals surface area contributed by atoms with Crippen molar-refractivity contribution in [1.29, 1.82) is 0 Å². The molecule has 2 N–H and O–H groups in total. The van der Waals surface area contributed by atoms with Crippen LogP contribution in [0.1, 0.15) is 13.8 Å². The van der Waals surface area contributed by atoms with Crippen LogP contribution < -0.4 is 10.0 Å². The quantitative estimate of drug-likeness (QED) is 0.906. The lowest BCUT2D eigenvalue weighted by Crippen LogP contribution is -2.18. The first kappa shape index (κ1) is 16.2. The highest BCUT2D eigenvalue weighted by Crippen LogP contribution is 2.18. The van der Waals surface area contributed by atoms with Gasteiger partial charge in [0.25, 0.3) is 0 Å². The van der Waals surface area contributed by atoms with Gasteiger partial charge in [-0.3, -0.25) is 4.68 Å². The number of sulfonamides is 1. The molecule has 6 nitrogen and oxygen atoms in total. The monoisotopic (exact) mass is 296 g/mol. The number of anilines is 2. The molecule has 0 saturated heterocycles. The smallest absolute Gasteiger partial charge is 0.240 e. The summed E-state index contributed by atoms with van der Waals surface area (Å²) in [5, 5.41) is 7.15. The summed E-state index contributed by atoms with van der Waals surface area (Å²) >= 11 is 0. The molecule has 0 aliphatic carbocycles. The molecular weight excluding hydrogens is 276 g/mol. The number of nitrogens with zero attached hydrogens (tertiary/aromatic N) is 2. The first-order valence-electron chi connectivity index (χ1n) is 6.30. The van der Waals surface area contributed by atoms with Crippen molar-refractivity contribution >= 4 is 21.4 Å². The fourth-order valence-corrected chi connectivity index (χ4v) is 2.22. The summed E-state index contributed by atoms with van der Waals surface area (Å²) in [6.45, 7) is 4.00. The van der Waals surface area contributed by atoms with Crippen LogP contribution in [0, 0.1) is 0 Å². The normalized spacial score (nSPS) is 10.6. The molecule has 0 fully saturated rings. The zero-order chi connectivity index (χ0) is 15.2. The lowest BCUT2D eigenvalue weighted by atomic mass is 10.3. The average Bonchev–Trinajstić information content (AvgIpc) is 2.87. The summed E-state index contributed by atoms with van der Waals surface area (Å²) in [7, 11) is -0.165. The highest BCUT2D eigenvalue weighted by atomic mass is 32.2. The molecule has 1 heterocycles. The molecule has 1 aromatic heterocycles. The van der Waals surface area contributed by atoms with Crippen molar-refractivity contribution in [3.63, 3.8) is 0 Å². The van der Waals surface area contributed by atoms with E-state index in [-0.39, 0.29) is 4.90 Å². The zero-order valence-corrected chi connectivity index (χ0v) is 12.9. The number of hydrogen-bond donors (Lipinski definition) is 2. The van der Waals surface area contributed by atoms with Crippen molar-refractivity contribution in [2.45, 2.75) is 18.7 Å². The zero-order valence-electron chi connectivity index (χ0n) is 12.1. The third kappa shape index (κ3) is 4.07.